The van der Waals surface area contributed by atoms with Crippen molar-refractivity contribution >= 4 is 45.9 Å². The Morgan fingerprint density at radius 1 is 1.12 bits per heavy atom. The van der Waals surface area contributed by atoms with E-state index in [0.717, 1.165) is 22.7 Å². The average Bonchev–Trinajstić information content (AvgIpc) is 1.85. The van der Waals surface area contributed by atoms with Gasteiger partial charge in [0.15, 0.2) is 0 Å². The maximum Gasteiger partial charge on any atom is 0.290 e. The summed E-state index contributed by atoms with van der Waals surface area (Å²) >= 11 is 12.8. The van der Waals surface area contributed by atoms with Gasteiger partial charge in [-0.1, -0.05) is 45.9 Å². The summed E-state index contributed by atoms with van der Waals surface area (Å²) in [6.07, 6.45) is 0. The molecular formula is C3Cl2OS2. The van der Waals surface area contributed by atoms with Crippen LogP contribution < -0.4 is 4.06 Å². The monoisotopic (exact) mass is 186 g/mol. The first-order valence-electron chi connectivity index (χ1n) is 1.65. The van der Waals surface area contributed by atoms with Crippen LogP contribution in [-0.4, -0.2) is 0 Å². The quantitative estimate of drug-likeness (QED) is 0.609. The second-order valence-corrected chi connectivity index (χ2v) is 4.43. The minimum atomic E-state index is -0.0556. The zero-order valence-corrected chi connectivity index (χ0v) is 6.63. The first-order valence-corrected chi connectivity index (χ1v) is 4.04. The molecule has 0 atom stereocenters. The molecule has 0 N–H and O–H groups in total. The van der Waals surface area contributed by atoms with Gasteiger partial charge in [-0.15, -0.1) is 0 Å². The lowest BCUT2D eigenvalue weighted by Gasteiger charge is -1.71. The number of hydrogen-bond acceptors (Lipinski definition) is 3. The van der Waals surface area contributed by atoms with Crippen LogP contribution in [0.2, 0.25) is 8.67 Å². The molecule has 0 bridgehead atoms. The summed E-state index contributed by atoms with van der Waals surface area (Å²) in [5, 5.41) is 0. The molecule has 0 aliphatic rings. The zero-order valence-electron chi connectivity index (χ0n) is 3.48. The number of rotatable bonds is 0. The Balaban J connectivity index is 3.35. The second-order valence-electron chi connectivity index (χ2n) is 1.00. The molecule has 0 fully saturated rings. The molecule has 0 aliphatic carbocycles. The van der Waals surface area contributed by atoms with E-state index < -0.39 is 0 Å². The Morgan fingerprint density at radius 3 is 1.62 bits per heavy atom. The molecule has 1 aromatic rings. The molecule has 0 aromatic carbocycles. The van der Waals surface area contributed by atoms with Gasteiger partial charge in [0.25, 0.3) is 4.06 Å². The fourth-order valence-corrected chi connectivity index (χ4v) is 2.54. The van der Waals surface area contributed by atoms with Gasteiger partial charge >= 0.3 is 0 Å². The SMILES string of the molecule is O=c1sc(Cl)c(Cl)s1. The second kappa shape index (κ2) is 2.35. The molecule has 0 saturated carbocycles. The van der Waals surface area contributed by atoms with Gasteiger partial charge in [0.2, 0.25) is 0 Å². The highest BCUT2D eigenvalue weighted by molar-refractivity contribution is 7.32. The summed E-state index contributed by atoms with van der Waals surface area (Å²) < 4.78 is 0.725. The molecule has 0 amide bonds. The fraction of sp³-hybridized carbons (Fsp3) is 0. The third kappa shape index (κ3) is 1.23. The minimum absolute atomic E-state index is 0.0556. The summed E-state index contributed by atoms with van der Waals surface area (Å²) in [4.78, 5) is 10.4. The molecule has 0 unspecified atom stereocenters. The predicted octanol–water partition coefficient (Wildman–Crippen LogP) is 2.48. The first kappa shape index (κ1) is 6.55. The van der Waals surface area contributed by atoms with Crippen LogP contribution in [0.5, 0.6) is 0 Å². The van der Waals surface area contributed by atoms with Gasteiger partial charge in [0, 0.05) is 0 Å². The summed E-state index contributed by atoms with van der Waals surface area (Å²) in [5.74, 6) is 0. The lowest BCUT2D eigenvalue weighted by atomic mass is 11.1. The van der Waals surface area contributed by atoms with Crippen LogP contribution in [-0.2, 0) is 0 Å². The highest BCUT2D eigenvalue weighted by Gasteiger charge is 2.00. The Bertz CT molecular complexity index is 215. The normalized spacial score (nSPS) is 9.75. The van der Waals surface area contributed by atoms with Crippen LogP contribution in [0.3, 0.4) is 0 Å². The van der Waals surface area contributed by atoms with Crippen LogP contribution in [0.15, 0.2) is 4.79 Å². The van der Waals surface area contributed by atoms with Gasteiger partial charge in [-0.2, -0.15) is 0 Å². The standard InChI is InChI=1S/C3Cl2OS2/c4-1-2(5)8-3(6)7-1. The van der Waals surface area contributed by atoms with E-state index in [1.165, 1.54) is 0 Å². The van der Waals surface area contributed by atoms with Crippen molar-refractivity contribution < 1.29 is 0 Å². The van der Waals surface area contributed by atoms with E-state index in [1.54, 1.807) is 0 Å². The van der Waals surface area contributed by atoms with E-state index in [1.807, 2.05) is 0 Å². The summed E-state index contributed by atoms with van der Waals surface area (Å²) in [5.41, 5.74) is 0. The lowest BCUT2D eigenvalue weighted by Crippen LogP contribution is -1.73. The molecule has 1 rings (SSSR count). The Labute approximate surface area is 63.5 Å². The van der Waals surface area contributed by atoms with Crippen molar-refractivity contribution in [2.45, 2.75) is 0 Å². The van der Waals surface area contributed by atoms with Crippen LogP contribution in [0.4, 0.5) is 0 Å². The predicted molar refractivity (Wildman–Crippen MR) is 38.5 cm³/mol. The Kier molecular flexibility index (Phi) is 1.92. The number of hydrogen-bond donors (Lipinski definition) is 0. The molecule has 5 heteroatoms. The van der Waals surface area contributed by atoms with Crippen molar-refractivity contribution in [2.24, 2.45) is 0 Å². The van der Waals surface area contributed by atoms with Crippen molar-refractivity contribution in [3.8, 4) is 0 Å². The van der Waals surface area contributed by atoms with Crippen LogP contribution in [0, 0.1) is 0 Å². The fourth-order valence-electron chi connectivity index (χ4n) is 0.247. The van der Waals surface area contributed by atoms with Gasteiger partial charge in [-0.3, -0.25) is 4.79 Å². The highest BCUT2D eigenvalue weighted by atomic mass is 35.5. The number of halogens is 2. The molecule has 0 aliphatic heterocycles. The molecule has 44 valence electrons. The maximum absolute atomic E-state index is 10.4. The molecule has 0 radical (unpaired) electrons. The molecule has 1 aromatic heterocycles. The van der Waals surface area contributed by atoms with Gasteiger partial charge in [-0.25, -0.2) is 0 Å². The van der Waals surface area contributed by atoms with Crippen molar-refractivity contribution in [1.82, 2.24) is 0 Å². The van der Waals surface area contributed by atoms with E-state index in [-0.39, 0.29) is 4.06 Å². The van der Waals surface area contributed by atoms with Gasteiger partial charge in [0.1, 0.15) is 8.67 Å². The van der Waals surface area contributed by atoms with E-state index in [9.17, 15) is 4.79 Å². The topological polar surface area (TPSA) is 17.1 Å². The van der Waals surface area contributed by atoms with Crippen molar-refractivity contribution in [3.63, 3.8) is 0 Å². The molecule has 1 nitrogen and oxygen atoms in total. The van der Waals surface area contributed by atoms with Crippen LogP contribution in [0.1, 0.15) is 0 Å². The summed E-state index contributed by atoms with van der Waals surface area (Å²) in [7, 11) is 0. The van der Waals surface area contributed by atoms with E-state index >= 15 is 0 Å². The van der Waals surface area contributed by atoms with Crippen LogP contribution in [0.25, 0.3) is 0 Å². The van der Waals surface area contributed by atoms with E-state index in [4.69, 9.17) is 23.2 Å². The summed E-state index contributed by atoms with van der Waals surface area (Å²) in [6, 6.07) is 0. The molecular weight excluding hydrogens is 187 g/mol. The Morgan fingerprint density at radius 2 is 1.50 bits per heavy atom. The maximum atomic E-state index is 10.4. The highest BCUT2D eigenvalue weighted by Crippen LogP contribution is 2.27. The zero-order chi connectivity index (χ0) is 6.15. The van der Waals surface area contributed by atoms with Crippen LogP contribution >= 0.6 is 45.9 Å². The third-order valence-corrected chi connectivity index (χ3v) is 3.39. The van der Waals surface area contributed by atoms with E-state index in [2.05, 4.69) is 0 Å². The van der Waals surface area contributed by atoms with Gasteiger partial charge in [0.05, 0.1) is 0 Å². The molecule has 0 saturated heterocycles. The lowest BCUT2D eigenvalue weighted by molar-refractivity contribution is 2.25. The molecule has 0 spiro atoms. The van der Waals surface area contributed by atoms with Gasteiger partial charge in [-0.05, 0) is 0 Å². The van der Waals surface area contributed by atoms with Crippen molar-refractivity contribution in [3.05, 3.63) is 17.5 Å². The smallest absolute Gasteiger partial charge is 0.265 e. The molecule has 8 heavy (non-hydrogen) atoms. The largest absolute Gasteiger partial charge is 0.290 e. The first-order chi connectivity index (χ1) is 3.70. The average molecular weight is 187 g/mol. The molecule has 1 heterocycles. The minimum Gasteiger partial charge on any atom is -0.265 e. The van der Waals surface area contributed by atoms with Gasteiger partial charge < -0.3 is 0 Å². The van der Waals surface area contributed by atoms with Crippen molar-refractivity contribution in [2.75, 3.05) is 0 Å². The van der Waals surface area contributed by atoms with E-state index in [0.29, 0.717) is 8.67 Å². The van der Waals surface area contributed by atoms with Crippen molar-refractivity contribution in [1.29, 1.82) is 0 Å². The third-order valence-electron chi connectivity index (χ3n) is 0.500. The Hall–Kier alpha value is 0.430. The summed E-state index contributed by atoms with van der Waals surface area (Å²) in [6.45, 7) is 0.